The molecule has 0 aliphatic carbocycles. The summed E-state index contributed by atoms with van der Waals surface area (Å²) in [7, 11) is 0. The molecule has 18 heavy (non-hydrogen) atoms. The summed E-state index contributed by atoms with van der Waals surface area (Å²) in [6, 6.07) is 2.21. The first-order valence-corrected chi connectivity index (χ1v) is 6.62. The number of hydrogen-bond acceptors (Lipinski definition) is 3. The van der Waals surface area contributed by atoms with Crippen molar-refractivity contribution < 1.29 is 0 Å². The minimum atomic E-state index is 0.210. The summed E-state index contributed by atoms with van der Waals surface area (Å²) >= 11 is 0. The second kappa shape index (κ2) is 7.17. The van der Waals surface area contributed by atoms with Crippen LogP contribution in [0.5, 0.6) is 0 Å². The fraction of sp³-hybridized carbons (Fsp3) is 0.714. The fourth-order valence-electron chi connectivity index (χ4n) is 1.94. The van der Waals surface area contributed by atoms with Gasteiger partial charge in [-0.2, -0.15) is 10.4 Å². The summed E-state index contributed by atoms with van der Waals surface area (Å²) in [6.45, 7) is 8.45. The molecule has 1 heterocycles. The van der Waals surface area contributed by atoms with Gasteiger partial charge in [-0.25, -0.2) is 0 Å². The van der Waals surface area contributed by atoms with Gasteiger partial charge in [0, 0.05) is 18.7 Å². The Kier molecular flexibility index (Phi) is 5.87. The lowest BCUT2D eigenvalue weighted by molar-refractivity contribution is 0.318. The molecule has 0 unspecified atom stereocenters. The van der Waals surface area contributed by atoms with Gasteiger partial charge in [0.05, 0.1) is 12.3 Å². The Balaban J connectivity index is 2.12. The molecule has 4 heteroatoms. The van der Waals surface area contributed by atoms with Crippen LogP contribution in [0.25, 0.3) is 0 Å². The first kappa shape index (κ1) is 14.7. The fourth-order valence-corrected chi connectivity index (χ4v) is 1.94. The van der Waals surface area contributed by atoms with Gasteiger partial charge in [-0.05, 0) is 43.7 Å². The van der Waals surface area contributed by atoms with Crippen molar-refractivity contribution in [2.45, 2.75) is 46.5 Å². The SMILES string of the molecule is Cc1[nH]ncc1CCCNCC(C)(C)CCC#N. The van der Waals surface area contributed by atoms with Crippen LogP contribution < -0.4 is 5.32 Å². The van der Waals surface area contributed by atoms with E-state index in [1.54, 1.807) is 0 Å². The van der Waals surface area contributed by atoms with E-state index in [1.165, 1.54) is 11.3 Å². The Hall–Kier alpha value is -1.34. The molecule has 1 rings (SSSR count). The molecule has 0 radical (unpaired) electrons. The third kappa shape index (κ3) is 5.33. The van der Waals surface area contributed by atoms with Crippen LogP contribution in [0.15, 0.2) is 6.20 Å². The highest BCUT2D eigenvalue weighted by Gasteiger charge is 2.16. The molecular formula is C14H24N4. The summed E-state index contributed by atoms with van der Waals surface area (Å²) in [5.41, 5.74) is 2.69. The van der Waals surface area contributed by atoms with Crippen molar-refractivity contribution in [3.8, 4) is 6.07 Å². The molecule has 0 amide bonds. The number of aromatic nitrogens is 2. The van der Waals surface area contributed by atoms with Crippen molar-refractivity contribution in [1.82, 2.24) is 15.5 Å². The smallest absolute Gasteiger partial charge is 0.0621 e. The lowest BCUT2D eigenvalue weighted by Crippen LogP contribution is -2.30. The van der Waals surface area contributed by atoms with E-state index < -0.39 is 0 Å². The van der Waals surface area contributed by atoms with Crippen LogP contribution in [0.4, 0.5) is 0 Å². The van der Waals surface area contributed by atoms with Crippen molar-refractivity contribution in [2.75, 3.05) is 13.1 Å². The molecule has 0 atom stereocenters. The maximum Gasteiger partial charge on any atom is 0.0621 e. The van der Waals surface area contributed by atoms with Gasteiger partial charge in [-0.15, -0.1) is 0 Å². The zero-order valence-corrected chi connectivity index (χ0v) is 11.7. The molecule has 4 nitrogen and oxygen atoms in total. The first-order chi connectivity index (χ1) is 8.55. The molecule has 0 aromatic carbocycles. The Morgan fingerprint density at radius 3 is 2.89 bits per heavy atom. The van der Waals surface area contributed by atoms with Gasteiger partial charge in [0.25, 0.3) is 0 Å². The number of aromatic amines is 1. The van der Waals surface area contributed by atoms with Crippen molar-refractivity contribution in [2.24, 2.45) is 5.41 Å². The maximum atomic E-state index is 8.59. The number of nitriles is 1. The van der Waals surface area contributed by atoms with Crippen molar-refractivity contribution in [3.05, 3.63) is 17.5 Å². The van der Waals surface area contributed by atoms with E-state index in [-0.39, 0.29) is 5.41 Å². The van der Waals surface area contributed by atoms with Crippen LogP contribution in [0.3, 0.4) is 0 Å². The Bertz CT molecular complexity index is 387. The van der Waals surface area contributed by atoms with Crippen LogP contribution in [0.1, 0.15) is 44.4 Å². The van der Waals surface area contributed by atoms with Crippen molar-refractivity contribution in [1.29, 1.82) is 5.26 Å². The molecule has 0 aliphatic heterocycles. The van der Waals surface area contributed by atoms with Gasteiger partial charge >= 0.3 is 0 Å². The Morgan fingerprint density at radius 1 is 1.50 bits per heavy atom. The molecule has 0 aliphatic rings. The largest absolute Gasteiger partial charge is 0.316 e. The zero-order chi connectivity index (χ0) is 13.4. The molecule has 0 spiro atoms. The van der Waals surface area contributed by atoms with Crippen LogP contribution in [0, 0.1) is 23.7 Å². The lowest BCUT2D eigenvalue weighted by Gasteiger charge is -2.23. The van der Waals surface area contributed by atoms with Crippen molar-refractivity contribution >= 4 is 0 Å². The molecule has 1 aromatic rings. The van der Waals surface area contributed by atoms with Crippen LogP contribution in [-0.2, 0) is 6.42 Å². The second-order valence-corrected chi connectivity index (χ2v) is 5.62. The van der Waals surface area contributed by atoms with E-state index in [0.29, 0.717) is 6.42 Å². The quantitative estimate of drug-likeness (QED) is 0.695. The minimum Gasteiger partial charge on any atom is -0.316 e. The third-order valence-corrected chi connectivity index (χ3v) is 3.25. The normalized spacial score (nSPS) is 11.4. The van der Waals surface area contributed by atoms with Gasteiger partial charge in [0.15, 0.2) is 0 Å². The summed E-state index contributed by atoms with van der Waals surface area (Å²) < 4.78 is 0. The highest BCUT2D eigenvalue weighted by atomic mass is 15.1. The minimum absolute atomic E-state index is 0.210. The number of nitrogens with one attached hydrogen (secondary N) is 2. The summed E-state index contributed by atoms with van der Waals surface area (Å²) in [6.07, 6.45) is 5.69. The first-order valence-electron chi connectivity index (χ1n) is 6.62. The van der Waals surface area contributed by atoms with Crippen LogP contribution >= 0.6 is 0 Å². The molecule has 0 bridgehead atoms. The molecule has 0 fully saturated rings. The summed E-state index contributed by atoms with van der Waals surface area (Å²) in [4.78, 5) is 0. The highest BCUT2D eigenvalue weighted by Crippen LogP contribution is 2.20. The zero-order valence-electron chi connectivity index (χ0n) is 11.7. The highest BCUT2D eigenvalue weighted by molar-refractivity contribution is 5.14. The summed E-state index contributed by atoms with van der Waals surface area (Å²) in [5.74, 6) is 0. The summed E-state index contributed by atoms with van der Waals surface area (Å²) in [5, 5.41) is 19.0. The molecular weight excluding hydrogens is 224 g/mol. The molecule has 0 saturated carbocycles. The van der Waals surface area contributed by atoms with E-state index >= 15 is 0 Å². The van der Waals surface area contributed by atoms with Crippen LogP contribution in [0.2, 0.25) is 0 Å². The average molecular weight is 248 g/mol. The van der Waals surface area contributed by atoms with Gasteiger partial charge in [0.1, 0.15) is 0 Å². The number of nitrogens with zero attached hydrogens (tertiary/aromatic N) is 2. The number of hydrogen-bond donors (Lipinski definition) is 2. The van der Waals surface area contributed by atoms with E-state index in [0.717, 1.165) is 32.4 Å². The van der Waals surface area contributed by atoms with Crippen molar-refractivity contribution in [3.63, 3.8) is 0 Å². The number of rotatable bonds is 8. The van der Waals surface area contributed by atoms with Gasteiger partial charge in [0.2, 0.25) is 0 Å². The van der Waals surface area contributed by atoms with Gasteiger partial charge in [-0.3, -0.25) is 5.10 Å². The van der Waals surface area contributed by atoms with E-state index in [1.807, 2.05) is 6.20 Å². The topological polar surface area (TPSA) is 64.5 Å². The lowest BCUT2D eigenvalue weighted by atomic mass is 9.88. The molecule has 0 saturated heterocycles. The maximum absolute atomic E-state index is 8.59. The van der Waals surface area contributed by atoms with E-state index in [9.17, 15) is 0 Å². The average Bonchev–Trinajstić information content (AvgIpc) is 2.72. The number of aryl methyl sites for hydroxylation is 2. The van der Waals surface area contributed by atoms with E-state index in [4.69, 9.17) is 5.26 Å². The van der Waals surface area contributed by atoms with E-state index in [2.05, 4.69) is 42.4 Å². The molecule has 2 N–H and O–H groups in total. The van der Waals surface area contributed by atoms with Gasteiger partial charge < -0.3 is 5.32 Å². The predicted octanol–water partition coefficient (Wildman–Crippen LogP) is 2.57. The third-order valence-electron chi connectivity index (χ3n) is 3.25. The molecule has 100 valence electrons. The monoisotopic (exact) mass is 248 g/mol. The number of H-pyrrole nitrogens is 1. The Labute approximate surface area is 110 Å². The standard InChI is InChI=1S/C14H24N4/c1-12-13(10-17-18-12)6-4-9-16-11-14(2,3)7-5-8-15/h10,16H,4-7,9,11H2,1-3H3,(H,17,18). The molecule has 1 aromatic heterocycles. The second-order valence-electron chi connectivity index (χ2n) is 5.62. The van der Waals surface area contributed by atoms with Crippen LogP contribution in [-0.4, -0.2) is 23.3 Å². The van der Waals surface area contributed by atoms with Gasteiger partial charge in [-0.1, -0.05) is 13.8 Å². The predicted molar refractivity (Wildman–Crippen MR) is 73.1 cm³/mol. The Morgan fingerprint density at radius 2 is 2.28 bits per heavy atom.